The number of hydrogen-bond donors (Lipinski definition) is 1. The summed E-state index contributed by atoms with van der Waals surface area (Å²) in [6.07, 6.45) is 2.90. The molecule has 0 amide bonds. The maximum atomic E-state index is 11.3. The molecule has 0 aliphatic rings. The van der Waals surface area contributed by atoms with Crippen LogP contribution in [0.5, 0.6) is 0 Å². The zero-order valence-corrected chi connectivity index (χ0v) is 49.2. The standard InChI is InChI=1S/C74H62BrN10O/c1-2-3-42-68-70(75)83(52-55-45-49-57(50-46-55)65-39-23-25-41-67(65)72-77-81-85(79-72)74(61-32-16-7-17-33-61,62-34-18-8-19-35-62)63-36-20-9-21-37-63)69(53-86)82(68)51-54-43-47-56(48-44-54)64-38-22-24-40-66(64)71-76-80-84(78-71)73(58-26-10-4-11-27-58,59-28-12-5-13-29-59)60-30-14-6-15-31-60/h4-41,43-50,86H,2-3,42,51-53H2,1H3/q+1. The van der Waals surface area contributed by atoms with Crippen molar-refractivity contribution < 1.29 is 9.67 Å². The van der Waals surface area contributed by atoms with Crippen molar-refractivity contribution in [3.05, 3.63) is 340 Å². The van der Waals surface area contributed by atoms with Crippen LogP contribution in [0.4, 0.5) is 0 Å². The summed E-state index contributed by atoms with van der Waals surface area (Å²) in [4.78, 5) is 3.55. The Morgan fingerprint density at radius 2 is 0.756 bits per heavy atom. The van der Waals surface area contributed by atoms with Crippen LogP contribution in [0.2, 0.25) is 0 Å². The Morgan fingerprint density at radius 1 is 0.419 bits per heavy atom. The SMILES string of the molecule is CCCCc1c(Br)n(Cc2ccc(-c3ccccc3-c3nnn(C(c4ccccc4)(c4ccccc4)c4ccccc4)n3)cc2)c(CO)[n+]1Cc1ccc(-c2ccccc2-c2nnn(C(c3ccccc3)(c3ccccc3)c3ccccc3)n2)cc1. The molecule has 0 bridgehead atoms. The number of aliphatic hydroxyl groups is 1. The maximum absolute atomic E-state index is 11.3. The summed E-state index contributed by atoms with van der Waals surface area (Å²) in [5.74, 6) is 1.88. The molecule has 0 aliphatic carbocycles. The van der Waals surface area contributed by atoms with Gasteiger partial charge in [0.05, 0.1) is 0 Å². The first-order valence-electron chi connectivity index (χ1n) is 29.2. The molecule has 86 heavy (non-hydrogen) atoms. The molecule has 11 nitrogen and oxygen atoms in total. The molecule has 0 spiro atoms. The maximum Gasteiger partial charge on any atom is 0.284 e. The van der Waals surface area contributed by atoms with Gasteiger partial charge in [0.2, 0.25) is 16.3 Å². The van der Waals surface area contributed by atoms with Gasteiger partial charge in [-0.1, -0.05) is 292 Å². The zero-order chi connectivity index (χ0) is 58.3. The smallest absolute Gasteiger partial charge is 0.284 e. The van der Waals surface area contributed by atoms with Crippen LogP contribution in [0.3, 0.4) is 0 Å². The van der Waals surface area contributed by atoms with E-state index in [2.05, 4.69) is 256 Å². The van der Waals surface area contributed by atoms with Gasteiger partial charge in [0, 0.05) is 33.5 Å². The van der Waals surface area contributed by atoms with E-state index >= 15 is 0 Å². The summed E-state index contributed by atoms with van der Waals surface area (Å²) >= 11 is 4.06. The molecule has 0 fully saturated rings. The van der Waals surface area contributed by atoms with Crippen LogP contribution < -0.4 is 4.57 Å². The average molecular weight is 1190 g/mol. The predicted molar refractivity (Wildman–Crippen MR) is 342 cm³/mol. The number of aliphatic hydroxyl groups excluding tert-OH is 1. The molecule has 13 aromatic rings. The van der Waals surface area contributed by atoms with E-state index in [1.165, 1.54) is 0 Å². The number of benzene rings is 10. The van der Waals surface area contributed by atoms with Crippen LogP contribution in [0.25, 0.3) is 45.0 Å². The van der Waals surface area contributed by atoms with Crippen molar-refractivity contribution in [3.63, 3.8) is 0 Å². The number of hydrogen-bond acceptors (Lipinski definition) is 7. The van der Waals surface area contributed by atoms with Gasteiger partial charge in [0.15, 0.2) is 16.8 Å². The van der Waals surface area contributed by atoms with Crippen LogP contribution in [-0.2, 0) is 37.2 Å². The highest BCUT2D eigenvalue weighted by Crippen LogP contribution is 2.43. The Bertz CT molecular complexity index is 4170. The summed E-state index contributed by atoms with van der Waals surface area (Å²) in [6, 6.07) is 96.3. The third-order valence-electron chi connectivity index (χ3n) is 16.5. The number of aromatic nitrogens is 10. The van der Waals surface area contributed by atoms with Crippen LogP contribution in [-0.4, -0.2) is 50.1 Å². The minimum absolute atomic E-state index is 0.136. The van der Waals surface area contributed by atoms with Gasteiger partial charge in [-0.3, -0.25) is 0 Å². The Morgan fingerprint density at radius 3 is 1.10 bits per heavy atom. The van der Waals surface area contributed by atoms with E-state index in [4.69, 9.17) is 30.8 Å². The monoisotopic (exact) mass is 1190 g/mol. The molecule has 0 radical (unpaired) electrons. The normalized spacial score (nSPS) is 11.7. The fraction of sp³-hybridized carbons (Fsp3) is 0.122. The minimum atomic E-state index is -0.895. The number of imidazole rings is 1. The van der Waals surface area contributed by atoms with Crippen molar-refractivity contribution in [1.82, 2.24) is 45.0 Å². The molecule has 420 valence electrons. The third kappa shape index (κ3) is 10.3. The van der Waals surface area contributed by atoms with E-state index in [-0.39, 0.29) is 6.61 Å². The molecule has 13 rings (SSSR count). The van der Waals surface area contributed by atoms with E-state index < -0.39 is 11.1 Å². The molecule has 1 N–H and O–H groups in total. The molecular formula is C74H62BrN10O+. The average Bonchev–Trinajstić information content (AvgIpc) is 1.37. The van der Waals surface area contributed by atoms with Gasteiger partial charge in [-0.05, 0) is 83.6 Å². The Hall–Kier alpha value is -10.0. The molecule has 0 unspecified atom stereocenters. The zero-order valence-electron chi connectivity index (χ0n) is 47.6. The Balaban J connectivity index is 0.782. The number of halogens is 1. The van der Waals surface area contributed by atoms with Crippen LogP contribution in [0, 0.1) is 0 Å². The molecule has 0 saturated carbocycles. The van der Waals surface area contributed by atoms with Gasteiger partial charge in [-0.25, -0.2) is 9.13 Å². The van der Waals surface area contributed by atoms with Crippen molar-refractivity contribution in [1.29, 1.82) is 0 Å². The fourth-order valence-electron chi connectivity index (χ4n) is 12.3. The third-order valence-corrected chi connectivity index (χ3v) is 17.3. The summed E-state index contributed by atoms with van der Waals surface area (Å²) in [7, 11) is 0. The molecule has 0 aliphatic heterocycles. The van der Waals surface area contributed by atoms with Gasteiger partial charge in [0.25, 0.3) is 5.82 Å². The molecule has 10 aromatic carbocycles. The topological polar surface area (TPSA) is 116 Å². The van der Waals surface area contributed by atoms with Crippen LogP contribution >= 0.6 is 15.9 Å². The van der Waals surface area contributed by atoms with Gasteiger partial charge in [-0.2, -0.15) is 0 Å². The second kappa shape index (κ2) is 24.7. The lowest BCUT2D eigenvalue weighted by Gasteiger charge is -2.34. The van der Waals surface area contributed by atoms with Crippen molar-refractivity contribution in [3.8, 4) is 45.0 Å². The summed E-state index contributed by atoms with van der Waals surface area (Å²) in [6.45, 7) is 3.21. The molecule has 3 heterocycles. The van der Waals surface area contributed by atoms with E-state index in [9.17, 15) is 5.11 Å². The molecule has 0 saturated heterocycles. The van der Waals surface area contributed by atoms with Crippen LogP contribution in [0.15, 0.2) is 284 Å². The summed E-state index contributed by atoms with van der Waals surface area (Å²) in [5, 5.41) is 41.1. The van der Waals surface area contributed by atoms with Crippen molar-refractivity contribution >= 4 is 15.9 Å². The van der Waals surface area contributed by atoms with E-state index in [0.717, 1.165) is 113 Å². The quantitative estimate of drug-likeness (QED) is 0.0597. The Kier molecular flexibility index (Phi) is 15.8. The van der Waals surface area contributed by atoms with Gasteiger partial charge < -0.3 is 5.11 Å². The van der Waals surface area contributed by atoms with Gasteiger partial charge in [-0.15, -0.1) is 30.0 Å². The highest BCUT2D eigenvalue weighted by Gasteiger charge is 2.43. The molecular weight excluding hydrogens is 1120 g/mol. The van der Waals surface area contributed by atoms with Gasteiger partial charge in [0.1, 0.15) is 19.7 Å². The lowest BCUT2D eigenvalue weighted by Crippen LogP contribution is -2.41. The van der Waals surface area contributed by atoms with Gasteiger partial charge >= 0.3 is 0 Å². The van der Waals surface area contributed by atoms with E-state index in [0.29, 0.717) is 24.7 Å². The first-order valence-corrected chi connectivity index (χ1v) is 30.0. The number of tetrazole rings is 2. The van der Waals surface area contributed by atoms with Crippen molar-refractivity contribution in [2.45, 2.75) is 57.0 Å². The highest BCUT2D eigenvalue weighted by atomic mass is 79.9. The summed E-state index contributed by atoms with van der Waals surface area (Å²) < 4.78 is 5.47. The largest absolute Gasteiger partial charge is 0.384 e. The number of unbranched alkanes of at least 4 members (excludes halogenated alkanes) is 1. The Labute approximate surface area is 509 Å². The van der Waals surface area contributed by atoms with Crippen molar-refractivity contribution in [2.75, 3.05) is 0 Å². The second-order valence-electron chi connectivity index (χ2n) is 21.5. The van der Waals surface area contributed by atoms with Crippen molar-refractivity contribution in [2.24, 2.45) is 0 Å². The fourth-order valence-corrected chi connectivity index (χ4v) is 13.0. The van der Waals surface area contributed by atoms with Crippen LogP contribution in [0.1, 0.15) is 75.8 Å². The second-order valence-corrected chi connectivity index (χ2v) is 22.2. The summed E-state index contributed by atoms with van der Waals surface area (Å²) in [5.41, 5.74) is 13.5. The molecule has 3 aromatic heterocycles. The first kappa shape index (κ1) is 55.2. The predicted octanol–water partition coefficient (Wildman–Crippen LogP) is 14.8. The lowest BCUT2D eigenvalue weighted by atomic mass is 9.77. The lowest BCUT2D eigenvalue weighted by molar-refractivity contribution is -0.704. The number of nitrogens with zero attached hydrogens (tertiary/aromatic N) is 10. The number of rotatable bonds is 20. The molecule has 0 atom stereocenters. The van der Waals surface area contributed by atoms with E-state index in [1.807, 2.05) is 54.6 Å². The van der Waals surface area contributed by atoms with E-state index in [1.54, 1.807) is 9.59 Å². The minimum Gasteiger partial charge on any atom is -0.384 e. The highest BCUT2D eigenvalue weighted by molar-refractivity contribution is 9.10. The molecule has 12 heteroatoms. The first-order chi connectivity index (χ1) is 42.5.